The van der Waals surface area contributed by atoms with Gasteiger partial charge in [-0.05, 0) is 38.0 Å². The minimum absolute atomic E-state index is 0.0159. The van der Waals surface area contributed by atoms with Gasteiger partial charge in [0, 0.05) is 30.9 Å². The molecule has 0 atom stereocenters. The lowest BCUT2D eigenvalue weighted by molar-refractivity contribution is 0.0954. The molecule has 0 aliphatic rings. The first kappa shape index (κ1) is 25.0. The molecular formula is C23H25FN8O3S. The van der Waals surface area contributed by atoms with E-state index in [0.29, 0.717) is 35.7 Å². The molecule has 0 aliphatic carbocycles. The van der Waals surface area contributed by atoms with Crippen molar-refractivity contribution in [2.45, 2.75) is 31.2 Å². The molecular weight excluding hydrogens is 487 g/mol. The van der Waals surface area contributed by atoms with E-state index in [2.05, 4.69) is 31.0 Å². The third-order valence-corrected chi connectivity index (χ3v) is 6.06. The average Bonchev–Trinajstić information content (AvgIpc) is 3.26. The second-order valence-electron chi connectivity index (χ2n) is 8.31. The third-order valence-electron chi connectivity index (χ3n) is 5.13. The Labute approximate surface area is 207 Å². The fraction of sp³-hybridized carbons (Fsp3) is 0.217. The van der Waals surface area contributed by atoms with Gasteiger partial charge in [-0.1, -0.05) is 12.1 Å². The Balaban J connectivity index is 1.46. The number of anilines is 3. The first-order valence-corrected chi connectivity index (χ1v) is 12.6. The summed E-state index contributed by atoms with van der Waals surface area (Å²) in [6, 6.07) is 9.42. The van der Waals surface area contributed by atoms with Crippen LogP contribution in [0.5, 0.6) is 0 Å². The normalized spacial score (nSPS) is 11.6. The van der Waals surface area contributed by atoms with Gasteiger partial charge in [-0.3, -0.25) is 4.79 Å². The van der Waals surface area contributed by atoms with Gasteiger partial charge >= 0.3 is 0 Å². The molecule has 11 nitrogen and oxygen atoms in total. The van der Waals surface area contributed by atoms with E-state index in [-0.39, 0.29) is 22.7 Å². The predicted octanol–water partition coefficient (Wildman–Crippen LogP) is 2.45. The highest BCUT2D eigenvalue weighted by Gasteiger charge is 2.16. The summed E-state index contributed by atoms with van der Waals surface area (Å²) in [7, 11) is -3.75. The molecule has 1 aromatic carbocycles. The highest BCUT2D eigenvalue weighted by Crippen LogP contribution is 2.23. The average molecular weight is 513 g/mol. The summed E-state index contributed by atoms with van der Waals surface area (Å²) in [5, 5.41) is 18.0. The smallest absolute Gasteiger partial charge is 0.254 e. The van der Waals surface area contributed by atoms with Crippen LogP contribution in [0, 0.1) is 5.82 Å². The zero-order valence-electron chi connectivity index (χ0n) is 19.6. The maximum atomic E-state index is 14.4. The number of carbonyl (C=O) groups excluding carboxylic acids is 1. The molecule has 1 amide bonds. The summed E-state index contributed by atoms with van der Waals surface area (Å²) in [6.07, 6.45) is 4.61. The zero-order valence-corrected chi connectivity index (χ0v) is 20.4. The lowest BCUT2D eigenvalue weighted by atomic mass is 10.1. The number of primary sulfonamides is 1. The lowest BCUT2D eigenvalue weighted by Crippen LogP contribution is -2.27. The molecule has 13 heteroatoms. The van der Waals surface area contributed by atoms with Crippen molar-refractivity contribution in [1.82, 2.24) is 24.9 Å². The molecule has 0 fully saturated rings. The van der Waals surface area contributed by atoms with E-state index in [1.165, 1.54) is 35.2 Å². The lowest BCUT2D eigenvalue weighted by Gasteiger charge is -2.16. The van der Waals surface area contributed by atoms with E-state index in [1.54, 1.807) is 24.3 Å². The molecule has 0 aliphatic heterocycles. The van der Waals surface area contributed by atoms with E-state index in [9.17, 15) is 17.6 Å². The molecule has 0 saturated heterocycles. The van der Waals surface area contributed by atoms with Crippen molar-refractivity contribution in [3.63, 3.8) is 0 Å². The van der Waals surface area contributed by atoms with Crippen LogP contribution in [0.25, 0.3) is 5.65 Å². The molecule has 3 aromatic heterocycles. The van der Waals surface area contributed by atoms with Gasteiger partial charge in [0.1, 0.15) is 5.82 Å². The van der Waals surface area contributed by atoms with Crippen molar-refractivity contribution >= 4 is 38.9 Å². The molecule has 36 heavy (non-hydrogen) atoms. The molecule has 5 N–H and O–H groups in total. The number of amides is 1. The molecule has 0 saturated carbocycles. The van der Waals surface area contributed by atoms with Crippen LogP contribution in [0.2, 0.25) is 0 Å². The van der Waals surface area contributed by atoms with E-state index in [0.717, 1.165) is 5.56 Å². The molecule has 4 aromatic rings. The summed E-state index contributed by atoms with van der Waals surface area (Å²) in [6.45, 7) is 4.17. The van der Waals surface area contributed by atoms with Gasteiger partial charge in [0.2, 0.25) is 10.0 Å². The highest BCUT2D eigenvalue weighted by atomic mass is 32.2. The standard InChI is InChI=1S/C23H25FN8O3S/c1-14(2)29-19-11-20(30-22-18(24)13-32-21(31-22)8-10-28-32)27-12-17(19)23(33)26-9-7-15-3-5-16(6-4-15)36(25,34)35/h3-6,8,10-14H,7,9H2,1-2H3,(H,26,33)(H2,25,34,35)(H2,27,29,30,31). The van der Waals surface area contributed by atoms with Gasteiger partial charge < -0.3 is 16.0 Å². The number of pyridine rings is 1. The Hall–Kier alpha value is -4.10. The van der Waals surface area contributed by atoms with Gasteiger partial charge in [0.25, 0.3) is 5.91 Å². The van der Waals surface area contributed by atoms with E-state index in [4.69, 9.17) is 5.14 Å². The fourth-order valence-electron chi connectivity index (χ4n) is 3.44. The maximum absolute atomic E-state index is 14.4. The minimum Gasteiger partial charge on any atom is -0.382 e. The van der Waals surface area contributed by atoms with Crippen molar-refractivity contribution in [1.29, 1.82) is 0 Å². The number of hydrogen-bond acceptors (Lipinski definition) is 8. The molecule has 3 heterocycles. The van der Waals surface area contributed by atoms with Gasteiger partial charge in [-0.2, -0.15) is 5.10 Å². The third kappa shape index (κ3) is 5.93. The Bertz CT molecular complexity index is 1500. The number of carbonyl (C=O) groups is 1. The maximum Gasteiger partial charge on any atom is 0.254 e. The van der Waals surface area contributed by atoms with Crippen LogP contribution in [0.4, 0.5) is 21.7 Å². The SMILES string of the molecule is CC(C)Nc1cc(Nc2nc3ccnn3cc2F)ncc1C(=O)NCCc1ccc(S(N)(=O)=O)cc1. The Kier molecular flexibility index (Phi) is 7.12. The summed E-state index contributed by atoms with van der Waals surface area (Å²) >= 11 is 0. The predicted molar refractivity (Wildman–Crippen MR) is 133 cm³/mol. The second kappa shape index (κ2) is 10.3. The van der Waals surface area contributed by atoms with Crippen LogP contribution in [-0.2, 0) is 16.4 Å². The quantitative estimate of drug-likeness (QED) is 0.266. The van der Waals surface area contributed by atoms with Crippen molar-refractivity contribution in [2.24, 2.45) is 5.14 Å². The summed E-state index contributed by atoms with van der Waals surface area (Å²) in [5.41, 5.74) is 2.14. The number of fused-ring (bicyclic) bond motifs is 1. The number of nitrogens with two attached hydrogens (primary N) is 1. The molecule has 0 unspecified atom stereocenters. The van der Waals surface area contributed by atoms with Crippen molar-refractivity contribution in [3.8, 4) is 0 Å². The van der Waals surface area contributed by atoms with Crippen molar-refractivity contribution in [2.75, 3.05) is 17.2 Å². The summed E-state index contributed by atoms with van der Waals surface area (Å²) < 4.78 is 38.5. The number of halogens is 1. The molecule has 0 spiro atoms. The Morgan fingerprint density at radius 1 is 1.19 bits per heavy atom. The number of sulfonamides is 1. The number of aromatic nitrogens is 4. The van der Waals surface area contributed by atoms with Crippen LogP contribution in [0.1, 0.15) is 29.8 Å². The van der Waals surface area contributed by atoms with Gasteiger partial charge in [-0.15, -0.1) is 0 Å². The molecule has 4 rings (SSSR count). The first-order chi connectivity index (χ1) is 17.1. The van der Waals surface area contributed by atoms with Crippen LogP contribution < -0.4 is 21.1 Å². The number of benzene rings is 1. The Morgan fingerprint density at radius 2 is 1.94 bits per heavy atom. The van der Waals surface area contributed by atoms with Crippen LogP contribution in [0.3, 0.4) is 0 Å². The van der Waals surface area contributed by atoms with E-state index < -0.39 is 15.8 Å². The number of rotatable bonds is 9. The van der Waals surface area contributed by atoms with Crippen molar-refractivity contribution < 1.29 is 17.6 Å². The monoisotopic (exact) mass is 512 g/mol. The number of nitrogens with one attached hydrogen (secondary N) is 3. The largest absolute Gasteiger partial charge is 0.382 e. The van der Waals surface area contributed by atoms with Gasteiger partial charge in [-0.25, -0.2) is 32.4 Å². The number of nitrogens with zero attached hydrogens (tertiary/aromatic N) is 4. The van der Waals surface area contributed by atoms with Gasteiger partial charge in [0.05, 0.1) is 28.5 Å². The van der Waals surface area contributed by atoms with Crippen LogP contribution in [-0.4, -0.2) is 46.5 Å². The summed E-state index contributed by atoms with van der Waals surface area (Å²) in [5.74, 6) is -0.662. The van der Waals surface area contributed by atoms with Crippen LogP contribution >= 0.6 is 0 Å². The van der Waals surface area contributed by atoms with Crippen molar-refractivity contribution in [3.05, 3.63) is 71.9 Å². The van der Waals surface area contributed by atoms with Crippen LogP contribution in [0.15, 0.2) is 59.9 Å². The zero-order chi connectivity index (χ0) is 25.9. The molecule has 0 bridgehead atoms. The highest BCUT2D eigenvalue weighted by molar-refractivity contribution is 7.89. The second-order valence-corrected chi connectivity index (χ2v) is 9.87. The topological polar surface area (TPSA) is 156 Å². The molecule has 0 radical (unpaired) electrons. The van der Waals surface area contributed by atoms with E-state index >= 15 is 0 Å². The molecule has 188 valence electrons. The van der Waals surface area contributed by atoms with E-state index in [1.807, 2.05) is 13.8 Å². The van der Waals surface area contributed by atoms with Gasteiger partial charge in [0.15, 0.2) is 17.3 Å². The number of hydrogen-bond donors (Lipinski definition) is 4. The Morgan fingerprint density at radius 3 is 2.64 bits per heavy atom. The summed E-state index contributed by atoms with van der Waals surface area (Å²) in [4.78, 5) is 21.4. The fourth-order valence-corrected chi connectivity index (χ4v) is 3.95. The minimum atomic E-state index is -3.75. The first-order valence-electron chi connectivity index (χ1n) is 11.0.